The Morgan fingerprint density at radius 3 is 2.67 bits per heavy atom. The summed E-state index contributed by atoms with van der Waals surface area (Å²) in [5, 5.41) is 8.00. The molecule has 0 aromatic heterocycles. The molecule has 1 aromatic rings. The Hall–Kier alpha value is -1.35. The summed E-state index contributed by atoms with van der Waals surface area (Å²) in [5.41, 5.74) is 1.06. The summed E-state index contributed by atoms with van der Waals surface area (Å²) < 4.78 is 0. The Bertz CT molecular complexity index is 385. The Morgan fingerprint density at radius 1 is 1.47 bits per heavy atom. The lowest BCUT2D eigenvalue weighted by Gasteiger charge is -2.04. The van der Waals surface area contributed by atoms with Crippen LogP contribution in [-0.2, 0) is 11.2 Å². The summed E-state index contributed by atoms with van der Waals surface area (Å²) in [6.07, 6.45) is -0.0855. The second-order valence-corrected chi connectivity index (χ2v) is 3.91. The van der Waals surface area contributed by atoms with Gasteiger partial charge in [-0.15, -0.1) is 11.6 Å². The zero-order chi connectivity index (χ0) is 11.4. The number of carbonyl (C=O) groups is 2. The van der Waals surface area contributed by atoms with Gasteiger partial charge >= 0.3 is 5.97 Å². The smallest absolute Gasteiger partial charge is 0.307 e. The third-order valence-corrected chi connectivity index (χ3v) is 2.13. The lowest BCUT2D eigenvalue weighted by molar-refractivity contribution is -0.136. The largest absolute Gasteiger partial charge is 0.481 e. The third kappa shape index (κ3) is 3.36. The molecule has 3 nitrogen and oxygen atoms in total. The highest BCUT2D eigenvalue weighted by Crippen LogP contribution is 2.11. The summed E-state index contributed by atoms with van der Waals surface area (Å²) in [7, 11) is 0. The van der Waals surface area contributed by atoms with Gasteiger partial charge in [0.1, 0.15) is 0 Å². The minimum absolute atomic E-state index is 0.0855. The maximum absolute atomic E-state index is 11.5. The number of halogens is 1. The third-order valence-electron chi connectivity index (χ3n) is 1.93. The van der Waals surface area contributed by atoms with Crippen molar-refractivity contribution in [1.29, 1.82) is 0 Å². The quantitative estimate of drug-likeness (QED) is 0.632. The number of ketones is 1. The maximum atomic E-state index is 11.5. The van der Waals surface area contributed by atoms with Gasteiger partial charge in [-0.05, 0) is 18.6 Å². The predicted molar refractivity (Wildman–Crippen MR) is 57.4 cm³/mol. The van der Waals surface area contributed by atoms with Crippen molar-refractivity contribution in [3.8, 4) is 0 Å². The first-order valence-electron chi connectivity index (χ1n) is 4.49. The summed E-state index contributed by atoms with van der Waals surface area (Å²) in [4.78, 5) is 22.0. The first-order chi connectivity index (χ1) is 7.00. The number of carboxylic acid groups (broad SMARTS) is 1. The molecule has 1 N–H and O–H groups in total. The van der Waals surface area contributed by atoms with Crippen LogP contribution in [0, 0.1) is 0 Å². The number of hydrogen-bond acceptors (Lipinski definition) is 2. The van der Waals surface area contributed by atoms with Gasteiger partial charge in [-0.25, -0.2) is 0 Å². The number of rotatable bonds is 4. The number of Topliss-reactive ketones (excluding diaryl/α,β-unsaturated/α-hetero) is 1. The summed E-state index contributed by atoms with van der Waals surface area (Å²) in [6, 6.07) is 6.52. The molecule has 0 aliphatic heterocycles. The summed E-state index contributed by atoms with van der Waals surface area (Å²) in [5.74, 6) is -1.11. The fourth-order valence-electron chi connectivity index (χ4n) is 1.24. The van der Waals surface area contributed by atoms with Crippen LogP contribution in [-0.4, -0.2) is 22.2 Å². The molecule has 80 valence electrons. The van der Waals surface area contributed by atoms with Crippen molar-refractivity contribution in [1.82, 2.24) is 0 Å². The van der Waals surface area contributed by atoms with Crippen LogP contribution in [0.1, 0.15) is 22.8 Å². The number of benzene rings is 1. The molecule has 0 radical (unpaired) electrons. The molecular weight excluding hydrogens is 216 g/mol. The SMILES string of the molecule is CC(Cl)C(=O)c1cccc(CC(=O)O)c1. The van der Waals surface area contributed by atoms with Crippen LogP contribution in [0.15, 0.2) is 24.3 Å². The first kappa shape index (κ1) is 11.7. The van der Waals surface area contributed by atoms with Gasteiger partial charge in [-0.1, -0.05) is 18.2 Å². The van der Waals surface area contributed by atoms with E-state index in [4.69, 9.17) is 16.7 Å². The van der Waals surface area contributed by atoms with Gasteiger partial charge in [0.15, 0.2) is 5.78 Å². The second kappa shape index (κ2) is 4.94. The van der Waals surface area contributed by atoms with Crippen molar-refractivity contribution in [2.45, 2.75) is 18.7 Å². The highest BCUT2D eigenvalue weighted by Gasteiger charge is 2.12. The Morgan fingerprint density at radius 2 is 2.13 bits per heavy atom. The molecule has 1 rings (SSSR count). The molecule has 0 amide bonds. The number of aliphatic carboxylic acids is 1. The topological polar surface area (TPSA) is 54.4 Å². The molecule has 0 saturated carbocycles. The van der Waals surface area contributed by atoms with E-state index >= 15 is 0 Å². The van der Waals surface area contributed by atoms with E-state index < -0.39 is 11.3 Å². The lowest BCUT2D eigenvalue weighted by atomic mass is 10.0. The van der Waals surface area contributed by atoms with E-state index in [2.05, 4.69) is 0 Å². The van der Waals surface area contributed by atoms with Gasteiger partial charge in [0.05, 0.1) is 11.8 Å². The van der Waals surface area contributed by atoms with Crippen LogP contribution in [0.25, 0.3) is 0 Å². The highest BCUT2D eigenvalue weighted by molar-refractivity contribution is 6.33. The van der Waals surface area contributed by atoms with Crippen molar-refractivity contribution in [3.63, 3.8) is 0 Å². The number of alkyl halides is 1. The number of hydrogen-bond donors (Lipinski definition) is 1. The Kier molecular flexibility index (Phi) is 3.86. The van der Waals surface area contributed by atoms with Crippen molar-refractivity contribution in [3.05, 3.63) is 35.4 Å². The van der Waals surface area contributed by atoms with Crippen LogP contribution in [0.3, 0.4) is 0 Å². The van der Waals surface area contributed by atoms with E-state index in [9.17, 15) is 9.59 Å². The van der Waals surface area contributed by atoms with E-state index in [0.717, 1.165) is 0 Å². The number of carbonyl (C=O) groups excluding carboxylic acids is 1. The van der Waals surface area contributed by atoms with Gasteiger partial charge in [-0.2, -0.15) is 0 Å². The molecule has 15 heavy (non-hydrogen) atoms. The number of carboxylic acids is 1. The predicted octanol–water partition coefficient (Wildman–Crippen LogP) is 2.12. The molecule has 0 saturated heterocycles. The van der Waals surface area contributed by atoms with Crippen LogP contribution < -0.4 is 0 Å². The van der Waals surface area contributed by atoms with E-state index in [0.29, 0.717) is 11.1 Å². The molecule has 0 aliphatic carbocycles. The van der Waals surface area contributed by atoms with Crippen LogP contribution >= 0.6 is 11.6 Å². The molecule has 0 bridgehead atoms. The van der Waals surface area contributed by atoms with E-state index in [1.54, 1.807) is 31.2 Å². The van der Waals surface area contributed by atoms with E-state index in [-0.39, 0.29) is 12.2 Å². The highest BCUT2D eigenvalue weighted by atomic mass is 35.5. The van der Waals surface area contributed by atoms with E-state index in [1.165, 1.54) is 0 Å². The van der Waals surface area contributed by atoms with Gasteiger partial charge in [0, 0.05) is 5.56 Å². The fourth-order valence-corrected chi connectivity index (χ4v) is 1.36. The van der Waals surface area contributed by atoms with Crippen molar-refractivity contribution >= 4 is 23.4 Å². The van der Waals surface area contributed by atoms with Gasteiger partial charge < -0.3 is 5.11 Å². The molecule has 0 aliphatic rings. The van der Waals surface area contributed by atoms with Crippen molar-refractivity contribution < 1.29 is 14.7 Å². The first-order valence-corrected chi connectivity index (χ1v) is 4.93. The normalized spacial score (nSPS) is 12.1. The molecule has 1 unspecified atom stereocenters. The van der Waals surface area contributed by atoms with E-state index in [1.807, 2.05) is 0 Å². The fraction of sp³-hybridized carbons (Fsp3) is 0.273. The molecule has 0 fully saturated rings. The van der Waals surface area contributed by atoms with Gasteiger partial charge in [0.2, 0.25) is 0 Å². The average Bonchev–Trinajstić information content (AvgIpc) is 2.16. The summed E-state index contributed by atoms with van der Waals surface area (Å²) in [6.45, 7) is 1.59. The zero-order valence-corrected chi connectivity index (χ0v) is 8.99. The lowest BCUT2D eigenvalue weighted by Crippen LogP contribution is -2.11. The van der Waals surface area contributed by atoms with Crippen LogP contribution in [0.2, 0.25) is 0 Å². The molecule has 1 atom stereocenters. The Balaban J connectivity index is 2.92. The summed E-state index contributed by atoms with van der Waals surface area (Å²) >= 11 is 5.65. The average molecular weight is 227 g/mol. The standard InChI is InChI=1S/C11H11ClO3/c1-7(12)11(15)9-4-2-3-8(5-9)6-10(13)14/h2-5,7H,6H2,1H3,(H,13,14). The Labute approximate surface area is 92.7 Å². The molecule has 0 spiro atoms. The van der Waals surface area contributed by atoms with Crippen molar-refractivity contribution in [2.75, 3.05) is 0 Å². The molecule has 4 heteroatoms. The maximum Gasteiger partial charge on any atom is 0.307 e. The minimum atomic E-state index is -0.918. The van der Waals surface area contributed by atoms with Crippen molar-refractivity contribution in [2.24, 2.45) is 0 Å². The van der Waals surface area contributed by atoms with Crippen LogP contribution in [0.4, 0.5) is 0 Å². The second-order valence-electron chi connectivity index (χ2n) is 3.25. The molecule has 0 heterocycles. The molecule has 1 aromatic carbocycles. The van der Waals surface area contributed by atoms with Gasteiger partial charge in [0.25, 0.3) is 0 Å². The van der Waals surface area contributed by atoms with Gasteiger partial charge in [-0.3, -0.25) is 9.59 Å². The zero-order valence-electron chi connectivity index (χ0n) is 8.24. The minimum Gasteiger partial charge on any atom is -0.481 e. The van der Waals surface area contributed by atoms with Crippen LogP contribution in [0.5, 0.6) is 0 Å². The monoisotopic (exact) mass is 226 g/mol. The molecular formula is C11H11ClO3.